The van der Waals surface area contributed by atoms with E-state index in [2.05, 4.69) is 76.6 Å². The fraction of sp³-hybridized carbons (Fsp3) is 0.594. The first-order valence-corrected chi connectivity index (χ1v) is 17.2. The fourth-order valence-electron chi connectivity index (χ4n) is 5.38. The van der Waals surface area contributed by atoms with Crippen LogP contribution in [0.25, 0.3) is 16.0 Å². The van der Waals surface area contributed by atoms with E-state index in [0.717, 1.165) is 5.56 Å². The van der Waals surface area contributed by atoms with E-state index >= 15 is 0 Å². The Bertz CT molecular complexity index is 1530. The normalized spacial score (nSPS) is 20.3. The number of nitrogens with zero attached hydrogens (tertiary/aromatic N) is 5. The number of benzene rings is 1. The van der Waals surface area contributed by atoms with Crippen molar-refractivity contribution in [2.24, 2.45) is 5.92 Å². The largest absolute Gasteiger partial charge is 0.445 e. The standard InChI is InChI=1S/C32H47N8O6P/c1-9-24-27(46-47(44-16-15-33-8)40(21(4)5)22(6)7)25(36-32(42)43-18-23-13-11-10-12-14-23)30(45-24)39-19-35-26-28(39)37-31(38-29(26)41)34-17-20(2)3/h10-14,19-22,24-25,27,30H,9,15-18H2,1-7H3,(H,36,42)(H2,34,37,38,41)/t24-,25-,27-,30?,47?/m1/s1. The Labute approximate surface area is 277 Å². The zero-order chi connectivity index (χ0) is 34.1. The van der Waals surface area contributed by atoms with Crippen LogP contribution in [0.3, 0.4) is 0 Å². The van der Waals surface area contributed by atoms with Crippen molar-refractivity contribution in [2.75, 3.05) is 25.0 Å². The maximum absolute atomic E-state index is 13.4. The van der Waals surface area contributed by atoms with Gasteiger partial charge in [-0.2, -0.15) is 4.98 Å². The van der Waals surface area contributed by atoms with Crippen LogP contribution in [0.15, 0.2) is 41.5 Å². The summed E-state index contributed by atoms with van der Waals surface area (Å²) in [5.41, 5.74) is 0.882. The molecule has 3 heterocycles. The number of aromatic amines is 1. The van der Waals surface area contributed by atoms with Crippen LogP contribution >= 0.6 is 8.53 Å². The SMILES string of the molecule is [C-]#[N+]CCOP(O[C@@H]1[C@@H](CC)OC(n2cnc3c(=O)[nH]c(NCC(C)C)nc32)[C@@H]1NC(=O)OCc1ccccc1)N(C(C)C)C(C)C. The van der Waals surface area contributed by atoms with Crippen molar-refractivity contribution in [1.82, 2.24) is 29.5 Å². The first-order chi connectivity index (χ1) is 22.5. The Morgan fingerprint density at radius 3 is 2.55 bits per heavy atom. The predicted molar refractivity (Wildman–Crippen MR) is 181 cm³/mol. The molecule has 3 N–H and O–H groups in total. The summed E-state index contributed by atoms with van der Waals surface area (Å²) in [6.45, 7) is 22.6. The van der Waals surface area contributed by atoms with Crippen LogP contribution in [0.4, 0.5) is 10.7 Å². The van der Waals surface area contributed by atoms with E-state index in [1.165, 1.54) is 6.33 Å². The Balaban J connectivity index is 1.72. The molecule has 47 heavy (non-hydrogen) atoms. The van der Waals surface area contributed by atoms with Crippen LogP contribution in [0.5, 0.6) is 0 Å². The van der Waals surface area contributed by atoms with Crippen LogP contribution in [0.2, 0.25) is 0 Å². The predicted octanol–water partition coefficient (Wildman–Crippen LogP) is 5.46. The van der Waals surface area contributed by atoms with Gasteiger partial charge in [-0.25, -0.2) is 21.0 Å². The van der Waals surface area contributed by atoms with E-state index in [1.807, 2.05) is 37.3 Å². The summed E-state index contributed by atoms with van der Waals surface area (Å²) in [6, 6.07) is 8.75. The van der Waals surface area contributed by atoms with Crippen molar-refractivity contribution < 1.29 is 23.3 Å². The van der Waals surface area contributed by atoms with E-state index in [-0.39, 0.29) is 37.4 Å². The van der Waals surface area contributed by atoms with E-state index in [1.54, 1.807) is 4.57 Å². The second-order valence-electron chi connectivity index (χ2n) is 12.3. The monoisotopic (exact) mass is 670 g/mol. The molecule has 1 aromatic carbocycles. The van der Waals surface area contributed by atoms with Gasteiger partial charge in [0.25, 0.3) is 14.1 Å². The lowest BCUT2D eigenvalue weighted by molar-refractivity contribution is -0.0186. The highest BCUT2D eigenvalue weighted by molar-refractivity contribution is 7.44. The molecular formula is C32H47N8O6P. The molecule has 2 aromatic heterocycles. The number of carbonyl (C=O) groups excluding carboxylic acids is 1. The Morgan fingerprint density at radius 2 is 1.91 bits per heavy atom. The van der Waals surface area contributed by atoms with Gasteiger partial charge in [-0.05, 0) is 45.6 Å². The van der Waals surface area contributed by atoms with Crippen molar-refractivity contribution in [3.8, 4) is 0 Å². The zero-order valence-electron chi connectivity index (χ0n) is 28.2. The van der Waals surface area contributed by atoms with Crippen molar-refractivity contribution in [3.63, 3.8) is 0 Å². The molecule has 1 aliphatic rings. The van der Waals surface area contributed by atoms with Crippen molar-refractivity contribution >= 4 is 31.7 Å². The summed E-state index contributed by atoms with van der Waals surface area (Å²) >= 11 is 0. The topological polar surface area (TPSA) is 149 Å². The molecule has 14 nitrogen and oxygen atoms in total. The maximum atomic E-state index is 13.4. The molecule has 256 valence electrons. The Morgan fingerprint density at radius 1 is 1.19 bits per heavy atom. The summed E-state index contributed by atoms with van der Waals surface area (Å²) in [6.07, 6.45) is -0.631. The molecule has 1 saturated heterocycles. The van der Waals surface area contributed by atoms with Crippen LogP contribution in [-0.2, 0) is 25.1 Å². The number of ether oxygens (including phenoxy) is 2. The highest BCUT2D eigenvalue weighted by Crippen LogP contribution is 2.50. The van der Waals surface area contributed by atoms with Gasteiger partial charge in [0.15, 0.2) is 17.4 Å². The van der Waals surface area contributed by atoms with Crippen molar-refractivity contribution in [1.29, 1.82) is 0 Å². The van der Waals surface area contributed by atoms with Gasteiger partial charge >= 0.3 is 6.09 Å². The number of alkyl carbamates (subject to hydrolysis) is 1. The molecule has 5 atom stereocenters. The number of amides is 1. The summed E-state index contributed by atoms with van der Waals surface area (Å²) in [7, 11) is -1.67. The summed E-state index contributed by atoms with van der Waals surface area (Å²) in [5, 5.41) is 6.17. The molecule has 1 aliphatic heterocycles. The third-order valence-electron chi connectivity index (χ3n) is 7.49. The first kappa shape index (κ1) is 36.2. The third-order valence-corrected chi connectivity index (χ3v) is 9.62. The van der Waals surface area contributed by atoms with Crippen LogP contribution < -0.4 is 16.2 Å². The van der Waals surface area contributed by atoms with Gasteiger partial charge in [0, 0.05) is 18.6 Å². The van der Waals surface area contributed by atoms with E-state index in [4.69, 9.17) is 25.1 Å². The second-order valence-corrected chi connectivity index (χ2v) is 13.7. The summed E-state index contributed by atoms with van der Waals surface area (Å²) in [4.78, 5) is 41.6. The summed E-state index contributed by atoms with van der Waals surface area (Å²) in [5.74, 6) is 0.629. The Hall–Kier alpha value is -3.60. The quantitative estimate of drug-likeness (QED) is 0.102. The Kier molecular flexibility index (Phi) is 13.1. The number of rotatable bonds is 16. The number of anilines is 1. The molecule has 2 unspecified atom stereocenters. The molecule has 0 saturated carbocycles. The van der Waals surface area contributed by atoms with Gasteiger partial charge in [0.05, 0.1) is 12.4 Å². The highest BCUT2D eigenvalue weighted by Gasteiger charge is 2.49. The van der Waals surface area contributed by atoms with Crippen LogP contribution in [0.1, 0.15) is 66.7 Å². The zero-order valence-corrected chi connectivity index (χ0v) is 29.1. The van der Waals surface area contributed by atoms with E-state index in [0.29, 0.717) is 30.5 Å². The molecule has 1 fully saturated rings. The molecule has 0 spiro atoms. The lowest BCUT2D eigenvalue weighted by Crippen LogP contribution is -2.48. The lowest BCUT2D eigenvalue weighted by atomic mass is 10.1. The van der Waals surface area contributed by atoms with Gasteiger partial charge in [0.2, 0.25) is 12.5 Å². The van der Waals surface area contributed by atoms with Crippen molar-refractivity contribution in [2.45, 2.75) is 98.1 Å². The average molecular weight is 671 g/mol. The minimum absolute atomic E-state index is 0.0692. The molecule has 0 aliphatic carbocycles. The molecule has 1 amide bonds. The van der Waals surface area contributed by atoms with E-state index in [9.17, 15) is 9.59 Å². The molecule has 0 radical (unpaired) electrons. The number of carbonyl (C=O) groups is 1. The van der Waals surface area contributed by atoms with Gasteiger partial charge < -0.3 is 34.0 Å². The minimum Gasteiger partial charge on any atom is -0.445 e. The number of aromatic nitrogens is 4. The smallest absolute Gasteiger partial charge is 0.407 e. The molecular weight excluding hydrogens is 623 g/mol. The number of H-pyrrole nitrogens is 1. The number of hydrogen-bond donors (Lipinski definition) is 3. The minimum atomic E-state index is -1.67. The maximum Gasteiger partial charge on any atom is 0.407 e. The second kappa shape index (κ2) is 17.0. The molecule has 0 bridgehead atoms. The highest BCUT2D eigenvalue weighted by atomic mass is 31.2. The third kappa shape index (κ3) is 9.27. The first-order valence-electron chi connectivity index (χ1n) is 16.1. The van der Waals surface area contributed by atoms with Gasteiger partial charge in [-0.3, -0.25) is 14.3 Å². The van der Waals surface area contributed by atoms with Crippen LogP contribution in [-0.4, -0.2) is 80.3 Å². The van der Waals surface area contributed by atoms with Crippen LogP contribution in [0, 0.1) is 12.5 Å². The molecule has 4 rings (SSSR count). The van der Waals surface area contributed by atoms with E-state index < -0.39 is 44.7 Å². The molecule has 15 heteroatoms. The number of fused-ring (bicyclic) bond motifs is 1. The number of hydrogen-bond acceptors (Lipinski definition) is 10. The van der Waals surface area contributed by atoms with Gasteiger partial charge in [-0.15, -0.1) is 0 Å². The van der Waals surface area contributed by atoms with Crippen molar-refractivity contribution in [3.05, 3.63) is 64.0 Å². The summed E-state index contributed by atoms with van der Waals surface area (Å²) < 4.78 is 29.0. The van der Waals surface area contributed by atoms with Gasteiger partial charge in [0.1, 0.15) is 25.4 Å². The number of imidazole rings is 1. The molecule has 3 aromatic rings. The number of nitrogens with one attached hydrogen (secondary N) is 3. The lowest BCUT2D eigenvalue weighted by Gasteiger charge is -2.38. The van der Waals surface area contributed by atoms with Gasteiger partial charge in [-0.1, -0.05) is 51.1 Å². The average Bonchev–Trinajstić information content (AvgIpc) is 3.60. The fourth-order valence-corrected chi connectivity index (χ4v) is 7.15.